The van der Waals surface area contributed by atoms with Crippen molar-refractivity contribution in [2.24, 2.45) is 11.8 Å². The highest BCUT2D eigenvalue weighted by Gasteiger charge is 2.19. The highest BCUT2D eigenvalue weighted by molar-refractivity contribution is 4.73. The zero-order valence-corrected chi connectivity index (χ0v) is 8.91. The van der Waals surface area contributed by atoms with Gasteiger partial charge in [0.1, 0.15) is 0 Å². The van der Waals surface area contributed by atoms with Crippen LogP contribution in [0.25, 0.3) is 0 Å². The Morgan fingerprint density at radius 3 is 2.14 bits per heavy atom. The Morgan fingerprint density at radius 1 is 0.929 bits per heavy atom. The van der Waals surface area contributed by atoms with Crippen LogP contribution in [0.15, 0.2) is 0 Å². The van der Waals surface area contributed by atoms with E-state index in [-0.39, 0.29) is 6.61 Å². The Morgan fingerprint density at radius 2 is 1.57 bits per heavy atom. The zero-order chi connectivity index (χ0) is 10.2. The minimum absolute atomic E-state index is 0.236. The van der Waals surface area contributed by atoms with Crippen molar-refractivity contribution in [2.75, 3.05) is 26.3 Å². The van der Waals surface area contributed by atoms with Crippen LogP contribution in [0.5, 0.6) is 0 Å². The summed E-state index contributed by atoms with van der Waals surface area (Å²) in [6, 6.07) is 0. The summed E-state index contributed by atoms with van der Waals surface area (Å²) in [5.41, 5.74) is 0. The van der Waals surface area contributed by atoms with Gasteiger partial charge in [-0.25, -0.2) is 0 Å². The molecular weight excluding hydrogens is 178 g/mol. The van der Waals surface area contributed by atoms with Crippen molar-refractivity contribution in [1.82, 2.24) is 5.32 Å². The fourth-order valence-corrected chi connectivity index (χ4v) is 2.29. The zero-order valence-electron chi connectivity index (χ0n) is 8.91. The minimum Gasteiger partial charge on any atom is -0.396 e. The Balaban J connectivity index is 2.03. The summed E-state index contributed by atoms with van der Waals surface area (Å²) in [4.78, 5) is 0. The lowest BCUT2D eigenvalue weighted by atomic mass is 9.80. The van der Waals surface area contributed by atoms with Crippen LogP contribution in [0.4, 0.5) is 0 Å². The molecule has 1 aliphatic rings. The average molecular weight is 201 g/mol. The van der Waals surface area contributed by atoms with Gasteiger partial charge in [0.05, 0.1) is 6.61 Å². The van der Waals surface area contributed by atoms with Crippen molar-refractivity contribution in [1.29, 1.82) is 0 Å². The third-order valence-corrected chi connectivity index (χ3v) is 3.23. The van der Waals surface area contributed by atoms with Crippen molar-refractivity contribution in [3.63, 3.8) is 0 Å². The molecule has 3 N–H and O–H groups in total. The second kappa shape index (κ2) is 7.21. The number of hydrogen-bond acceptors (Lipinski definition) is 3. The maximum atomic E-state index is 8.82. The summed E-state index contributed by atoms with van der Waals surface area (Å²) >= 11 is 0. The van der Waals surface area contributed by atoms with Crippen LogP contribution in [-0.4, -0.2) is 36.5 Å². The quantitative estimate of drug-likeness (QED) is 0.556. The molecule has 0 bridgehead atoms. The summed E-state index contributed by atoms with van der Waals surface area (Å²) in [6.07, 6.45) is 6.08. The molecular formula is C11H23NO2. The Kier molecular flexibility index (Phi) is 6.15. The molecule has 0 saturated heterocycles. The van der Waals surface area contributed by atoms with Crippen LogP contribution in [0.1, 0.15) is 32.1 Å². The van der Waals surface area contributed by atoms with Crippen LogP contribution in [-0.2, 0) is 0 Å². The molecule has 0 unspecified atom stereocenters. The van der Waals surface area contributed by atoms with Gasteiger partial charge in [0.25, 0.3) is 0 Å². The molecule has 1 saturated carbocycles. The number of hydrogen-bond donors (Lipinski definition) is 3. The number of nitrogens with one attached hydrogen (secondary N) is 1. The molecule has 0 heterocycles. The topological polar surface area (TPSA) is 52.5 Å². The van der Waals surface area contributed by atoms with Crippen LogP contribution in [0.3, 0.4) is 0 Å². The Hall–Kier alpha value is -0.120. The molecule has 0 aromatic heterocycles. The van der Waals surface area contributed by atoms with E-state index in [9.17, 15) is 0 Å². The number of aliphatic hydroxyl groups excluding tert-OH is 2. The summed E-state index contributed by atoms with van der Waals surface area (Å²) in [5, 5.41) is 20.7. The van der Waals surface area contributed by atoms with Gasteiger partial charge in [0.15, 0.2) is 0 Å². The summed E-state index contributed by atoms with van der Waals surface area (Å²) in [6.45, 7) is 2.35. The molecule has 0 spiro atoms. The van der Waals surface area contributed by atoms with Gasteiger partial charge in [-0.15, -0.1) is 0 Å². The summed E-state index contributed by atoms with van der Waals surface area (Å²) < 4.78 is 0. The van der Waals surface area contributed by atoms with E-state index in [2.05, 4.69) is 5.32 Å². The maximum absolute atomic E-state index is 8.82. The second-order valence-corrected chi connectivity index (χ2v) is 4.33. The van der Waals surface area contributed by atoms with Gasteiger partial charge < -0.3 is 15.5 Å². The van der Waals surface area contributed by atoms with Crippen molar-refractivity contribution in [3.8, 4) is 0 Å². The molecule has 1 fully saturated rings. The molecule has 0 atom stereocenters. The first-order valence-corrected chi connectivity index (χ1v) is 5.79. The van der Waals surface area contributed by atoms with Gasteiger partial charge in [0, 0.05) is 13.2 Å². The normalized spacial score (nSPS) is 27.9. The van der Waals surface area contributed by atoms with Crippen LogP contribution in [0, 0.1) is 11.8 Å². The van der Waals surface area contributed by atoms with E-state index in [4.69, 9.17) is 10.2 Å². The van der Waals surface area contributed by atoms with Gasteiger partial charge in [-0.2, -0.15) is 0 Å². The maximum Gasteiger partial charge on any atom is 0.0555 e. The molecule has 0 aromatic carbocycles. The third-order valence-electron chi connectivity index (χ3n) is 3.23. The van der Waals surface area contributed by atoms with Crippen molar-refractivity contribution >= 4 is 0 Å². The molecule has 3 nitrogen and oxygen atoms in total. The molecule has 84 valence electrons. The monoisotopic (exact) mass is 201 g/mol. The molecule has 0 aromatic rings. The first kappa shape index (κ1) is 12.0. The first-order valence-electron chi connectivity index (χ1n) is 5.79. The van der Waals surface area contributed by atoms with Gasteiger partial charge in [0.2, 0.25) is 0 Å². The minimum atomic E-state index is 0.236. The molecule has 0 radical (unpaired) electrons. The van der Waals surface area contributed by atoms with E-state index in [0.29, 0.717) is 6.61 Å². The lowest BCUT2D eigenvalue weighted by Crippen LogP contribution is -2.28. The van der Waals surface area contributed by atoms with E-state index < -0.39 is 0 Å². The van der Waals surface area contributed by atoms with E-state index >= 15 is 0 Å². The van der Waals surface area contributed by atoms with Gasteiger partial charge in [-0.05, 0) is 37.6 Å². The van der Waals surface area contributed by atoms with Crippen LogP contribution >= 0.6 is 0 Å². The summed E-state index contributed by atoms with van der Waals surface area (Å²) in [7, 11) is 0. The fourth-order valence-electron chi connectivity index (χ4n) is 2.29. The fraction of sp³-hybridized carbons (Fsp3) is 1.00. The van der Waals surface area contributed by atoms with E-state index in [1.165, 1.54) is 25.7 Å². The smallest absolute Gasteiger partial charge is 0.0555 e. The highest BCUT2D eigenvalue weighted by atomic mass is 16.3. The Labute approximate surface area is 86.5 Å². The first-order chi connectivity index (χ1) is 6.86. The predicted octanol–water partition coefficient (Wildman–Crippen LogP) is 0.757. The molecule has 0 aliphatic heterocycles. The molecule has 0 amide bonds. The van der Waals surface area contributed by atoms with Crippen molar-refractivity contribution in [2.45, 2.75) is 32.1 Å². The van der Waals surface area contributed by atoms with E-state index in [1.807, 2.05) is 0 Å². The second-order valence-electron chi connectivity index (χ2n) is 4.33. The van der Waals surface area contributed by atoms with Crippen LogP contribution < -0.4 is 5.32 Å². The predicted molar refractivity (Wildman–Crippen MR) is 57.1 cm³/mol. The van der Waals surface area contributed by atoms with Crippen molar-refractivity contribution in [3.05, 3.63) is 0 Å². The Bertz CT molecular complexity index is 133. The van der Waals surface area contributed by atoms with E-state index in [1.54, 1.807) is 0 Å². The molecule has 3 heteroatoms. The largest absolute Gasteiger partial charge is 0.396 e. The van der Waals surface area contributed by atoms with E-state index in [0.717, 1.165) is 31.3 Å². The standard InChI is InChI=1S/C11H23NO2/c13-7-5-10-1-3-11(4-2-10)9-12-6-8-14/h10-14H,1-9H2. The summed E-state index contributed by atoms with van der Waals surface area (Å²) in [5.74, 6) is 1.55. The molecule has 1 aliphatic carbocycles. The van der Waals surface area contributed by atoms with Gasteiger partial charge in [-0.3, -0.25) is 0 Å². The molecule has 14 heavy (non-hydrogen) atoms. The lowest BCUT2D eigenvalue weighted by molar-refractivity contribution is 0.202. The highest BCUT2D eigenvalue weighted by Crippen LogP contribution is 2.29. The third kappa shape index (κ3) is 4.40. The average Bonchev–Trinajstić information content (AvgIpc) is 2.21. The van der Waals surface area contributed by atoms with Crippen molar-refractivity contribution < 1.29 is 10.2 Å². The van der Waals surface area contributed by atoms with Crippen LogP contribution in [0.2, 0.25) is 0 Å². The van der Waals surface area contributed by atoms with Gasteiger partial charge >= 0.3 is 0 Å². The van der Waals surface area contributed by atoms with Gasteiger partial charge in [-0.1, -0.05) is 12.8 Å². The number of rotatable bonds is 6. The number of aliphatic hydroxyl groups is 2. The molecule has 1 rings (SSSR count). The SMILES string of the molecule is OCCNCC1CCC(CCO)CC1. The lowest BCUT2D eigenvalue weighted by Gasteiger charge is -2.28.